The molecule has 0 unspecified atom stereocenters. The standard InChI is InChI=1S/C18H17N3O7S/c22-18(15-5-2-6-16-17(15)28-12-27-16)19-7-9-20(10-8-19)29(25,26)14-4-1-3-13(11-14)21(23)24/h1-6,11H,7-10,12H2. The predicted octanol–water partition coefficient (Wildman–Crippen LogP) is 1.47. The number of carbonyl (C=O) groups is 1. The van der Waals surface area contributed by atoms with Crippen molar-refractivity contribution in [2.45, 2.75) is 4.90 Å². The maximum atomic E-state index is 12.9. The number of nitro groups is 1. The quantitative estimate of drug-likeness (QED) is 0.544. The molecule has 4 rings (SSSR count). The Labute approximate surface area is 166 Å². The lowest BCUT2D eigenvalue weighted by Gasteiger charge is -2.34. The van der Waals surface area contributed by atoms with E-state index < -0.39 is 14.9 Å². The number of fused-ring (bicyclic) bond motifs is 1. The summed E-state index contributed by atoms with van der Waals surface area (Å²) in [6.07, 6.45) is 0. The number of para-hydroxylation sites is 1. The Balaban J connectivity index is 1.48. The normalized spacial score (nSPS) is 16.6. The van der Waals surface area contributed by atoms with Crippen LogP contribution in [0.4, 0.5) is 5.69 Å². The number of sulfonamides is 1. The van der Waals surface area contributed by atoms with Crippen molar-refractivity contribution >= 4 is 21.6 Å². The summed E-state index contributed by atoms with van der Waals surface area (Å²) >= 11 is 0. The number of hydrogen-bond donors (Lipinski definition) is 0. The van der Waals surface area contributed by atoms with Crippen LogP contribution in [0.1, 0.15) is 10.4 Å². The zero-order chi connectivity index (χ0) is 20.6. The van der Waals surface area contributed by atoms with Crippen LogP contribution in [0.2, 0.25) is 0 Å². The van der Waals surface area contributed by atoms with Gasteiger partial charge in [-0.1, -0.05) is 12.1 Å². The van der Waals surface area contributed by atoms with E-state index in [4.69, 9.17) is 9.47 Å². The first-order valence-electron chi connectivity index (χ1n) is 8.80. The van der Waals surface area contributed by atoms with Crippen molar-refractivity contribution in [1.82, 2.24) is 9.21 Å². The molecule has 2 aliphatic heterocycles. The molecule has 152 valence electrons. The smallest absolute Gasteiger partial charge is 0.270 e. The monoisotopic (exact) mass is 419 g/mol. The fourth-order valence-electron chi connectivity index (χ4n) is 3.31. The van der Waals surface area contributed by atoms with Crippen molar-refractivity contribution in [3.05, 3.63) is 58.1 Å². The van der Waals surface area contributed by atoms with E-state index in [9.17, 15) is 23.3 Å². The van der Waals surface area contributed by atoms with Gasteiger partial charge in [0.2, 0.25) is 16.8 Å². The lowest BCUT2D eigenvalue weighted by molar-refractivity contribution is -0.385. The van der Waals surface area contributed by atoms with Crippen LogP contribution in [0, 0.1) is 10.1 Å². The Bertz CT molecular complexity index is 1080. The van der Waals surface area contributed by atoms with E-state index in [1.807, 2.05) is 0 Å². The molecule has 1 amide bonds. The summed E-state index contributed by atoms with van der Waals surface area (Å²) in [7, 11) is -3.90. The molecule has 0 radical (unpaired) electrons. The highest BCUT2D eigenvalue weighted by Gasteiger charge is 2.33. The topological polar surface area (TPSA) is 119 Å². The van der Waals surface area contributed by atoms with Gasteiger partial charge in [-0.25, -0.2) is 8.42 Å². The number of amides is 1. The second-order valence-corrected chi connectivity index (χ2v) is 8.43. The number of nitrogens with zero attached hydrogens (tertiary/aromatic N) is 3. The summed E-state index contributed by atoms with van der Waals surface area (Å²) in [6.45, 7) is 0.607. The number of nitro benzene ring substituents is 1. The molecule has 0 bridgehead atoms. The largest absolute Gasteiger partial charge is 0.454 e. The third-order valence-corrected chi connectivity index (χ3v) is 6.71. The van der Waals surface area contributed by atoms with Crippen molar-refractivity contribution < 1.29 is 27.6 Å². The van der Waals surface area contributed by atoms with Crippen molar-refractivity contribution in [3.63, 3.8) is 0 Å². The number of ether oxygens (including phenoxy) is 2. The Hall–Kier alpha value is -3.18. The molecule has 2 heterocycles. The van der Waals surface area contributed by atoms with Gasteiger partial charge in [-0.3, -0.25) is 14.9 Å². The number of benzene rings is 2. The van der Waals surface area contributed by atoms with Crippen LogP contribution in [0.25, 0.3) is 0 Å². The summed E-state index contributed by atoms with van der Waals surface area (Å²) in [5, 5.41) is 10.9. The van der Waals surface area contributed by atoms with E-state index in [0.717, 1.165) is 6.07 Å². The number of rotatable bonds is 4. The summed E-state index contributed by atoms with van der Waals surface area (Å²) < 4.78 is 37.5. The maximum Gasteiger partial charge on any atom is 0.270 e. The van der Waals surface area contributed by atoms with Crippen LogP contribution in [0.15, 0.2) is 47.4 Å². The minimum Gasteiger partial charge on any atom is -0.454 e. The Morgan fingerprint density at radius 3 is 2.48 bits per heavy atom. The summed E-state index contributed by atoms with van der Waals surface area (Å²) in [5.74, 6) is 0.631. The lowest BCUT2D eigenvalue weighted by atomic mass is 10.1. The molecule has 1 saturated heterocycles. The molecule has 2 aromatic carbocycles. The van der Waals surface area contributed by atoms with Gasteiger partial charge in [-0.2, -0.15) is 4.31 Å². The van der Waals surface area contributed by atoms with Crippen molar-refractivity contribution in [2.75, 3.05) is 33.0 Å². The average Bonchev–Trinajstić information content (AvgIpc) is 3.22. The molecule has 11 heteroatoms. The first kappa shape index (κ1) is 19.2. The molecule has 0 atom stereocenters. The van der Waals surface area contributed by atoms with Gasteiger partial charge in [0.15, 0.2) is 11.5 Å². The number of hydrogen-bond acceptors (Lipinski definition) is 7. The van der Waals surface area contributed by atoms with Crippen molar-refractivity contribution in [1.29, 1.82) is 0 Å². The molecule has 29 heavy (non-hydrogen) atoms. The highest BCUT2D eigenvalue weighted by molar-refractivity contribution is 7.89. The number of carbonyl (C=O) groups excluding carboxylic acids is 1. The van der Waals surface area contributed by atoms with Crippen molar-refractivity contribution in [3.8, 4) is 11.5 Å². The first-order valence-corrected chi connectivity index (χ1v) is 10.2. The zero-order valence-electron chi connectivity index (χ0n) is 15.2. The van der Waals surface area contributed by atoms with Gasteiger partial charge in [0.25, 0.3) is 11.6 Å². The Morgan fingerprint density at radius 2 is 1.76 bits per heavy atom. The highest BCUT2D eigenvalue weighted by atomic mass is 32.2. The van der Waals surface area contributed by atoms with Crippen LogP contribution in [0.5, 0.6) is 11.5 Å². The maximum absolute atomic E-state index is 12.9. The second kappa shape index (κ2) is 7.33. The third-order valence-electron chi connectivity index (χ3n) is 4.82. The molecule has 10 nitrogen and oxygen atoms in total. The second-order valence-electron chi connectivity index (χ2n) is 6.49. The molecular weight excluding hydrogens is 402 g/mol. The van der Waals surface area contributed by atoms with Gasteiger partial charge in [0, 0.05) is 38.3 Å². The summed E-state index contributed by atoms with van der Waals surface area (Å²) in [6, 6.07) is 9.99. The zero-order valence-corrected chi connectivity index (χ0v) is 16.0. The molecule has 2 aromatic rings. The van der Waals surface area contributed by atoms with Crippen LogP contribution in [-0.4, -0.2) is 61.4 Å². The van der Waals surface area contributed by atoms with E-state index in [2.05, 4.69) is 0 Å². The predicted molar refractivity (Wildman–Crippen MR) is 100 cm³/mol. The highest BCUT2D eigenvalue weighted by Crippen LogP contribution is 2.36. The summed E-state index contributed by atoms with van der Waals surface area (Å²) in [5.41, 5.74) is 0.0787. The first-order chi connectivity index (χ1) is 13.9. The van der Waals surface area contributed by atoms with Gasteiger partial charge >= 0.3 is 0 Å². The third kappa shape index (κ3) is 3.49. The van der Waals surface area contributed by atoms with Gasteiger partial charge in [0.05, 0.1) is 15.4 Å². The molecule has 2 aliphatic rings. The van der Waals surface area contributed by atoms with Crippen LogP contribution < -0.4 is 9.47 Å². The molecule has 0 saturated carbocycles. The molecule has 1 fully saturated rings. The molecule has 0 N–H and O–H groups in total. The SMILES string of the molecule is O=C(c1cccc2c1OCO2)N1CCN(S(=O)(=O)c2cccc([N+](=O)[O-])c2)CC1. The van der Waals surface area contributed by atoms with Crippen LogP contribution in [0.3, 0.4) is 0 Å². The molecular formula is C18H17N3O7S. The Kier molecular flexibility index (Phi) is 4.84. The fourth-order valence-corrected chi connectivity index (χ4v) is 4.77. The van der Waals surface area contributed by atoms with Crippen molar-refractivity contribution in [2.24, 2.45) is 0 Å². The van der Waals surface area contributed by atoms with Gasteiger partial charge in [-0.05, 0) is 18.2 Å². The van der Waals surface area contributed by atoms with Crippen LogP contribution in [-0.2, 0) is 10.0 Å². The molecule has 0 spiro atoms. The van der Waals surface area contributed by atoms with E-state index in [-0.39, 0.29) is 49.5 Å². The van der Waals surface area contributed by atoms with E-state index in [1.54, 1.807) is 23.1 Å². The van der Waals surface area contributed by atoms with Crippen LogP contribution >= 0.6 is 0 Å². The van der Waals surface area contributed by atoms with Gasteiger partial charge < -0.3 is 14.4 Å². The van der Waals surface area contributed by atoms with E-state index in [0.29, 0.717) is 17.1 Å². The van der Waals surface area contributed by atoms with Gasteiger partial charge in [-0.15, -0.1) is 0 Å². The number of piperazine rings is 1. The van der Waals surface area contributed by atoms with E-state index >= 15 is 0 Å². The Morgan fingerprint density at radius 1 is 1.03 bits per heavy atom. The fraction of sp³-hybridized carbons (Fsp3) is 0.278. The van der Waals surface area contributed by atoms with E-state index in [1.165, 1.54) is 22.5 Å². The number of non-ortho nitro benzene ring substituents is 1. The molecule has 0 aromatic heterocycles. The summed E-state index contributed by atoms with van der Waals surface area (Å²) in [4.78, 5) is 24.5. The van der Waals surface area contributed by atoms with Gasteiger partial charge in [0.1, 0.15) is 0 Å². The minimum atomic E-state index is -3.90. The molecule has 0 aliphatic carbocycles. The average molecular weight is 419 g/mol. The lowest BCUT2D eigenvalue weighted by Crippen LogP contribution is -2.50. The minimum absolute atomic E-state index is 0.0505.